The summed E-state index contributed by atoms with van der Waals surface area (Å²) < 4.78 is 2.17. The van der Waals surface area contributed by atoms with Gasteiger partial charge in [-0.1, -0.05) is 11.6 Å². The molecular weight excluding hydrogens is 276 g/mol. The van der Waals surface area contributed by atoms with Gasteiger partial charge in [-0.15, -0.1) is 11.3 Å². The smallest absolute Gasteiger partial charge is 0.333 e. The van der Waals surface area contributed by atoms with E-state index >= 15 is 0 Å². The molecule has 0 spiro atoms. The van der Waals surface area contributed by atoms with Crippen LogP contribution in [-0.4, -0.2) is 14.7 Å². The number of aromatic nitrogens is 2. The van der Waals surface area contributed by atoms with Gasteiger partial charge in [-0.25, -0.2) is 4.68 Å². The Balaban J connectivity index is 2.21. The second-order valence-corrected chi connectivity index (χ2v) is 5.52. The highest BCUT2D eigenvalue weighted by Crippen LogP contribution is 2.29. The summed E-state index contributed by atoms with van der Waals surface area (Å²) >= 11 is 7.26. The number of anilines is 1. The van der Waals surface area contributed by atoms with Crippen LogP contribution in [0.1, 0.15) is 10.6 Å². The summed E-state index contributed by atoms with van der Waals surface area (Å²) in [5, 5.41) is 18.0. The molecule has 0 unspecified atom stereocenters. The fourth-order valence-corrected chi connectivity index (χ4v) is 2.71. The molecule has 2 rings (SSSR count). The van der Waals surface area contributed by atoms with Gasteiger partial charge in [-0.05, 0) is 19.1 Å². The van der Waals surface area contributed by atoms with Crippen LogP contribution >= 0.6 is 22.9 Å². The van der Waals surface area contributed by atoms with E-state index in [0.29, 0.717) is 22.4 Å². The molecule has 0 amide bonds. The maximum atomic E-state index is 11.0. The molecule has 6 nitrogen and oxygen atoms in total. The van der Waals surface area contributed by atoms with Gasteiger partial charge in [0.05, 0.1) is 15.8 Å². The van der Waals surface area contributed by atoms with Gasteiger partial charge < -0.3 is 5.32 Å². The predicted octanol–water partition coefficient (Wildman–Crippen LogP) is 2.96. The van der Waals surface area contributed by atoms with E-state index in [4.69, 9.17) is 11.6 Å². The van der Waals surface area contributed by atoms with Gasteiger partial charge in [0.2, 0.25) is 5.82 Å². The molecule has 0 fully saturated rings. The molecule has 8 heteroatoms. The van der Waals surface area contributed by atoms with Crippen molar-refractivity contribution >= 4 is 34.4 Å². The summed E-state index contributed by atoms with van der Waals surface area (Å²) in [5.41, 5.74) is 0.411. The lowest BCUT2D eigenvalue weighted by Crippen LogP contribution is -2.05. The second kappa shape index (κ2) is 4.95. The van der Waals surface area contributed by atoms with E-state index in [1.807, 2.05) is 6.07 Å². The van der Waals surface area contributed by atoms with E-state index in [0.717, 1.165) is 4.88 Å². The summed E-state index contributed by atoms with van der Waals surface area (Å²) in [4.78, 5) is 11.5. The van der Waals surface area contributed by atoms with Crippen molar-refractivity contribution in [3.8, 4) is 0 Å². The van der Waals surface area contributed by atoms with Gasteiger partial charge >= 0.3 is 5.69 Å². The number of hydrogen-bond donors (Lipinski definition) is 1. The Kier molecular flexibility index (Phi) is 3.53. The topological polar surface area (TPSA) is 73.0 Å². The minimum Gasteiger partial charge on any atom is -0.360 e. The third-order valence-corrected chi connectivity index (χ3v) is 3.66. The van der Waals surface area contributed by atoms with Crippen molar-refractivity contribution < 1.29 is 4.92 Å². The Morgan fingerprint density at radius 1 is 1.61 bits per heavy atom. The average molecular weight is 287 g/mol. The summed E-state index contributed by atoms with van der Waals surface area (Å²) in [5.74, 6) is 0.405. The molecule has 0 atom stereocenters. The van der Waals surface area contributed by atoms with Gasteiger partial charge in [0, 0.05) is 11.9 Å². The Morgan fingerprint density at radius 3 is 2.89 bits per heavy atom. The van der Waals surface area contributed by atoms with Crippen LogP contribution in [0.3, 0.4) is 0 Å². The van der Waals surface area contributed by atoms with Gasteiger partial charge in [-0.2, -0.15) is 5.10 Å². The monoisotopic (exact) mass is 286 g/mol. The Hall–Kier alpha value is -1.60. The van der Waals surface area contributed by atoms with E-state index in [-0.39, 0.29) is 5.69 Å². The van der Waals surface area contributed by atoms with Crippen LogP contribution in [0.5, 0.6) is 0 Å². The fourth-order valence-electron chi connectivity index (χ4n) is 1.68. The zero-order valence-electron chi connectivity index (χ0n) is 9.81. The molecule has 2 heterocycles. The van der Waals surface area contributed by atoms with Crippen LogP contribution < -0.4 is 5.32 Å². The molecule has 0 aromatic carbocycles. The Labute approximate surface area is 112 Å². The summed E-state index contributed by atoms with van der Waals surface area (Å²) in [6.45, 7) is 2.10. The number of halogens is 1. The molecule has 18 heavy (non-hydrogen) atoms. The van der Waals surface area contributed by atoms with Gasteiger partial charge in [-0.3, -0.25) is 10.1 Å². The lowest BCUT2D eigenvalue weighted by Gasteiger charge is -2.04. The van der Waals surface area contributed by atoms with Crippen molar-refractivity contribution in [3.05, 3.63) is 37.2 Å². The average Bonchev–Trinajstić information content (AvgIpc) is 2.79. The highest BCUT2D eigenvalue weighted by atomic mass is 35.5. The molecule has 0 bridgehead atoms. The number of nitrogens with zero attached hydrogens (tertiary/aromatic N) is 3. The molecule has 0 aliphatic heterocycles. The van der Waals surface area contributed by atoms with Crippen LogP contribution in [0.25, 0.3) is 0 Å². The Bertz CT molecular complexity index is 593. The molecule has 0 aliphatic rings. The molecule has 0 saturated heterocycles. The lowest BCUT2D eigenvalue weighted by atomic mass is 10.3. The number of rotatable bonds is 4. The molecule has 0 radical (unpaired) electrons. The van der Waals surface area contributed by atoms with Crippen LogP contribution in [0, 0.1) is 17.0 Å². The summed E-state index contributed by atoms with van der Waals surface area (Å²) in [6, 6.07) is 3.68. The first-order chi connectivity index (χ1) is 8.49. The molecule has 2 aromatic heterocycles. The van der Waals surface area contributed by atoms with Crippen molar-refractivity contribution in [1.29, 1.82) is 0 Å². The molecule has 2 aromatic rings. The number of nitrogens with one attached hydrogen (secondary N) is 1. The standard InChI is InChI=1S/C10H11ClN4O2S/c1-6-9(15(16)17)10(14(2)13-6)12-5-7-3-4-8(11)18-7/h3-4,12H,5H2,1-2H3. The summed E-state index contributed by atoms with van der Waals surface area (Å²) in [6.07, 6.45) is 0. The van der Waals surface area contributed by atoms with Crippen molar-refractivity contribution in [3.63, 3.8) is 0 Å². The minimum atomic E-state index is -0.425. The zero-order chi connectivity index (χ0) is 13.3. The van der Waals surface area contributed by atoms with Crippen molar-refractivity contribution in [2.45, 2.75) is 13.5 Å². The maximum Gasteiger partial charge on any atom is 0.333 e. The molecular formula is C10H11ClN4O2S. The van der Waals surface area contributed by atoms with Crippen LogP contribution in [0.2, 0.25) is 4.34 Å². The van der Waals surface area contributed by atoms with Crippen LogP contribution in [0.15, 0.2) is 12.1 Å². The quantitative estimate of drug-likeness (QED) is 0.693. The third kappa shape index (κ3) is 2.46. The minimum absolute atomic E-state index is 0.0140. The lowest BCUT2D eigenvalue weighted by molar-refractivity contribution is -0.384. The molecule has 1 N–H and O–H groups in total. The van der Waals surface area contributed by atoms with Crippen molar-refractivity contribution in [2.75, 3.05) is 5.32 Å². The van der Waals surface area contributed by atoms with Gasteiger partial charge in [0.25, 0.3) is 0 Å². The molecule has 0 aliphatic carbocycles. The fraction of sp³-hybridized carbons (Fsp3) is 0.300. The van der Waals surface area contributed by atoms with E-state index < -0.39 is 4.92 Å². The van der Waals surface area contributed by atoms with Crippen molar-refractivity contribution in [2.24, 2.45) is 7.05 Å². The van der Waals surface area contributed by atoms with Gasteiger partial charge in [0.1, 0.15) is 5.69 Å². The van der Waals surface area contributed by atoms with E-state index in [1.54, 1.807) is 20.0 Å². The van der Waals surface area contributed by atoms with Gasteiger partial charge in [0.15, 0.2) is 0 Å². The second-order valence-electron chi connectivity index (χ2n) is 3.72. The number of thiophene rings is 1. The van der Waals surface area contributed by atoms with Crippen LogP contribution in [0.4, 0.5) is 11.5 Å². The third-order valence-electron chi connectivity index (χ3n) is 2.43. The summed E-state index contributed by atoms with van der Waals surface area (Å²) in [7, 11) is 1.67. The van der Waals surface area contributed by atoms with Crippen molar-refractivity contribution in [1.82, 2.24) is 9.78 Å². The SMILES string of the molecule is Cc1nn(C)c(NCc2ccc(Cl)s2)c1[N+](=O)[O-]. The highest BCUT2D eigenvalue weighted by Gasteiger charge is 2.23. The van der Waals surface area contributed by atoms with E-state index in [1.165, 1.54) is 16.0 Å². The highest BCUT2D eigenvalue weighted by molar-refractivity contribution is 7.16. The maximum absolute atomic E-state index is 11.0. The Morgan fingerprint density at radius 2 is 2.33 bits per heavy atom. The largest absolute Gasteiger partial charge is 0.360 e. The normalized spacial score (nSPS) is 10.6. The number of aryl methyl sites for hydroxylation is 2. The zero-order valence-corrected chi connectivity index (χ0v) is 11.4. The number of hydrogen-bond acceptors (Lipinski definition) is 5. The molecule has 96 valence electrons. The molecule has 0 saturated carbocycles. The van der Waals surface area contributed by atoms with Crippen LogP contribution in [-0.2, 0) is 13.6 Å². The first-order valence-corrected chi connectivity index (χ1v) is 6.34. The van der Waals surface area contributed by atoms with E-state index in [2.05, 4.69) is 10.4 Å². The predicted molar refractivity (Wildman–Crippen MR) is 71.3 cm³/mol. The van der Waals surface area contributed by atoms with E-state index in [9.17, 15) is 10.1 Å². The number of nitro groups is 1. The first-order valence-electron chi connectivity index (χ1n) is 5.15. The first kappa shape index (κ1) is 12.8.